The average molecular weight is 276 g/mol. The lowest BCUT2D eigenvalue weighted by Gasteiger charge is -2.19. The largest absolute Gasteiger partial charge is 0.300 e. The molecular weight excluding hydrogens is 252 g/mol. The zero-order valence-corrected chi connectivity index (χ0v) is 12.4. The normalized spacial score (nSPS) is 11.3. The van der Waals surface area contributed by atoms with Crippen LogP contribution in [0.1, 0.15) is 38.7 Å². The number of benzene rings is 1. The minimum atomic E-state index is -0.333. The minimum Gasteiger partial charge on any atom is -0.300 e. The van der Waals surface area contributed by atoms with E-state index >= 15 is 0 Å². The van der Waals surface area contributed by atoms with Crippen LogP contribution in [0.2, 0.25) is 0 Å². The van der Waals surface area contributed by atoms with Gasteiger partial charge in [-0.05, 0) is 32.0 Å². The Morgan fingerprint density at radius 1 is 1.20 bits per heavy atom. The molecule has 0 saturated carbocycles. The molecule has 0 heterocycles. The summed E-state index contributed by atoms with van der Waals surface area (Å²) >= 11 is 0. The molecular formula is C16H24N2O2. The van der Waals surface area contributed by atoms with E-state index in [0.29, 0.717) is 5.56 Å². The number of nitrogens with zero attached hydrogens (tertiary/aromatic N) is 2. The predicted molar refractivity (Wildman–Crippen MR) is 83.8 cm³/mol. The Labute approximate surface area is 121 Å². The standard InChI is InChI=1S/C16H24N2O2/c1-3-5-13-17(12-4-2)14-8-10-15-9-6-7-11-16(15)18(19)20/h6-11H,3-5,12-14H2,1-2H3/b10-8+. The van der Waals surface area contributed by atoms with Crippen LogP contribution < -0.4 is 0 Å². The predicted octanol–water partition coefficient (Wildman–Crippen LogP) is 4.12. The van der Waals surface area contributed by atoms with E-state index in [0.717, 1.165) is 26.1 Å². The first-order valence-electron chi connectivity index (χ1n) is 7.31. The molecule has 0 bridgehead atoms. The zero-order valence-electron chi connectivity index (χ0n) is 12.4. The van der Waals surface area contributed by atoms with Gasteiger partial charge in [0.05, 0.1) is 10.5 Å². The smallest absolute Gasteiger partial charge is 0.276 e. The van der Waals surface area contributed by atoms with Crippen molar-refractivity contribution in [3.63, 3.8) is 0 Å². The SMILES string of the molecule is CCCCN(C/C=C/c1ccccc1[N+](=O)[O-])CCC. The van der Waals surface area contributed by atoms with Crippen molar-refractivity contribution in [3.8, 4) is 0 Å². The third-order valence-electron chi connectivity index (χ3n) is 3.16. The van der Waals surface area contributed by atoms with E-state index in [1.807, 2.05) is 18.2 Å². The van der Waals surface area contributed by atoms with Gasteiger partial charge in [-0.2, -0.15) is 0 Å². The van der Waals surface area contributed by atoms with Gasteiger partial charge in [-0.3, -0.25) is 15.0 Å². The molecule has 0 atom stereocenters. The lowest BCUT2D eigenvalue weighted by molar-refractivity contribution is -0.385. The molecule has 110 valence electrons. The van der Waals surface area contributed by atoms with E-state index in [1.165, 1.54) is 12.8 Å². The molecule has 0 aliphatic rings. The second-order valence-electron chi connectivity index (χ2n) is 4.87. The highest BCUT2D eigenvalue weighted by Crippen LogP contribution is 2.18. The van der Waals surface area contributed by atoms with Crippen molar-refractivity contribution in [2.24, 2.45) is 0 Å². The third kappa shape index (κ3) is 5.53. The van der Waals surface area contributed by atoms with Crippen LogP contribution in [-0.4, -0.2) is 29.5 Å². The van der Waals surface area contributed by atoms with E-state index in [4.69, 9.17) is 0 Å². The van der Waals surface area contributed by atoms with Crippen LogP contribution in [0, 0.1) is 10.1 Å². The summed E-state index contributed by atoms with van der Waals surface area (Å²) < 4.78 is 0. The molecule has 0 saturated heterocycles. The zero-order chi connectivity index (χ0) is 14.8. The van der Waals surface area contributed by atoms with Gasteiger partial charge in [0.1, 0.15) is 0 Å². The van der Waals surface area contributed by atoms with Gasteiger partial charge in [0, 0.05) is 12.6 Å². The van der Waals surface area contributed by atoms with Gasteiger partial charge in [0.15, 0.2) is 0 Å². The van der Waals surface area contributed by atoms with Crippen molar-refractivity contribution in [2.45, 2.75) is 33.1 Å². The molecule has 1 rings (SSSR count). The maximum Gasteiger partial charge on any atom is 0.276 e. The maximum atomic E-state index is 10.9. The summed E-state index contributed by atoms with van der Waals surface area (Å²) in [5.41, 5.74) is 0.837. The van der Waals surface area contributed by atoms with Crippen molar-refractivity contribution in [3.05, 3.63) is 46.0 Å². The number of rotatable bonds is 9. The molecule has 0 aliphatic heterocycles. The van der Waals surface area contributed by atoms with Gasteiger partial charge in [0.25, 0.3) is 5.69 Å². The number of nitro groups is 1. The summed E-state index contributed by atoms with van der Waals surface area (Å²) in [4.78, 5) is 13.0. The minimum absolute atomic E-state index is 0.166. The lowest BCUT2D eigenvalue weighted by Crippen LogP contribution is -2.25. The van der Waals surface area contributed by atoms with Crippen molar-refractivity contribution in [1.82, 2.24) is 4.90 Å². The maximum absolute atomic E-state index is 10.9. The van der Waals surface area contributed by atoms with Crippen molar-refractivity contribution in [2.75, 3.05) is 19.6 Å². The highest BCUT2D eigenvalue weighted by atomic mass is 16.6. The first kappa shape index (κ1) is 16.4. The third-order valence-corrected chi connectivity index (χ3v) is 3.16. The van der Waals surface area contributed by atoms with Crippen LogP contribution in [0.15, 0.2) is 30.3 Å². The fraction of sp³-hybridized carbons (Fsp3) is 0.500. The van der Waals surface area contributed by atoms with Gasteiger partial charge in [0.2, 0.25) is 0 Å². The molecule has 0 N–H and O–H groups in total. The molecule has 4 heteroatoms. The summed E-state index contributed by atoms with van der Waals surface area (Å²) in [6.07, 6.45) is 7.39. The fourth-order valence-electron chi connectivity index (χ4n) is 2.12. The van der Waals surface area contributed by atoms with Crippen LogP contribution in [0.4, 0.5) is 5.69 Å². The number of para-hydroxylation sites is 1. The van der Waals surface area contributed by atoms with Gasteiger partial charge in [-0.25, -0.2) is 0 Å². The van der Waals surface area contributed by atoms with Crippen LogP contribution in [-0.2, 0) is 0 Å². The molecule has 0 fully saturated rings. The molecule has 0 radical (unpaired) electrons. The van der Waals surface area contributed by atoms with Crippen molar-refractivity contribution < 1.29 is 4.92 Å². The van der Waals surface area contributed by atoms with Crippen molar-refractivity contribution >= 4 is 11.8 Å². The number of hydrogen-bond donors (Lipinski definition) is 0. The van der Waals surface area contributed by atoms with E-state index in [2.05, 4.69) is 18.7 Å². The van der Waals surface area contributed by atoms with E-state index in [-0.39, 0.29) is 10.6 Å². The molecule has 0 aromatic heterocycles. The molecule has 1 aromatic rings. The van der Waals surface area contributed by atoms with Gasteiger partial charge >= 0.3 is 0 Å². The fourth-order valence-corrected chi connectivity index (χ4v) is 2.12. The number of unbranched alkanes of at least 4 members (excludes halogenated alkanes) is 1. The molecule has 4 nitrogen and oxygen atoms in total. The summed E-state index contributed by atoms with van der Waals surface area (Å²) in [5.74, 6) is 0. The molecule has 0 amide bonds. The van der Waals surface area contributed by atoms with Crippen molar-refractivity contribution in [1.29, 1.82) is 0 Å². The molecule has 0 aliphatic carbocycles. The summed E-state index contributed by atoms with van der Waals surface area (Å²) in [6, 6.07) is 6.85. The lowest BCUT2D eigenvalue weighted by atomic mass is 10.1. The Morgan fingerprint density at radius 2 is 1.95 bits per heavy atom. The Hall–Kier alpha value is -1.68. The van der Waals surface area contributed by atoms with Crippen LogP contribution in [0.25, 0.3) is 6.08 Å². The molecule has 20 heavy (non-hydrogen) atoms. The molecule has 0 spiro atoms. The number of hydrogen-bond acceptors (Lipinski definition) is 3. The molecule has 0 unspecified atom stereocenters. The quantitative estimate of drug-likeness (QED) is 0.503. The summed E-state index contributed by atoms with van der Waals surface area (Å²) in [5, 5.41) is 10.9. The van der Waals surface area contributed by atoms with Crippen LogP contribution in [0.5, 0.6) is 0 Å². The van der Waals surface area contributed by atoms with Crippen LogP contribution in [0.3, 0.4) is 0 Å². The highest BCUT2D eigenvalue weighted by Gasteiger charge is 2.09. The Bertz CT molecular complexity index is 444. The van der Waals surface area contributed by atoms with Gasteiger partial charge in [-0.1, -0.05) is 44.6 Å². The topological polar surface area (TPSA) is 46.4 Å². The van der Waals surface area contributed by atoms with E-state index in [1.54, 1.807) is 18.2 Å². The number of nitro benzene ring substituents is 1. The monoisotopic (exact) mass is 276 g/mol. The second kappa shape index (κ2) is 9.26. The highest BCUT2D eigenvalue weighted by molar-refractivity contribution is 5.60. The second-order valence-corrected chi connectivity index (χ2v) is 4.87. The first-order chi connectivity index (χ1) is 9.69. The first-order valence-corrected chi connectivity index (χ1v) is 7.31. The Balaban J connectivity index is 2.64. The van der Waals surface area contributed by atoms with E-state index < -0.39 is 0 Å². The Kier molecular flexibility index (Phi) is 7.58. The summed E-state index contributed by atoms with van der Waals surface area (Å²) in [6.45, 7) is 7.37. The Morgan fingerprint density at radius 3 is 2.60 bits per heavy atom. The van der Waals surface area contributed by atoms with Gasteiger partial charge in [-0.15, -0.1) is 0 Å². The average Bonchev–Trinajstić information content (AvgIpc) is 2.45. The van der Waals surface area contributed by atoms with Gasteiger partial charge < -0.3 is 0 Å². The van der Waals surface area contributed by atoms with E-state index in [9.17, 15) is 10.1 Å². The van der Waals surface area contributed by atoms with Crippen LogP contribution >= 0.6 is 0 Å². The molecule has 1 aromatic carbocycles. The summed E-state index contributed by atoms with van der Waals surface area (Å²) in [7, 11) is 0.